The molecule has 0 unspecified atom stereocenters. The first-order valence-corrected chi connectivity index (χ1v) is 9.04. The highest BCUT2D eigenvalue weighted by molar-refractivity contribution is 5.85. The topological polar surface area (TPSA) is 38.2 Å². The zero-order chi connectivity index (χ0) is 17.1. The van der Waals surface area contributed by atoms with Gasteiger partial charge >= 0.3 is 0 Å². The molecule has 0 radical (unpaired) electrons. The Labute approximate surface area is 148 Å². The van der Waals surface area contributed by atoms with Crippen LogP contribution in [0.4, 0.5) is 5.69 Å². The minimum atomic E-state index is 0.891. The lowest BCUT2D eigenvalue weighted by Gasteiger charge is -2.10. The summed E-state index contributed by atoms with van der Waals surface area (Å²) >= 11 is 0. The van der Waals surface area contributed by atoms with E-state index < -0.39 is 0 Å². The number of hydrogen-bond donors (Lipinski definition) is 2. The molecule has 4 nitrogen and oxygen atoms in total. The lowest BCUT2D eigenvalue weighted by molar-refractivity contribution is 0.415. The van der Waals surface area contributed by atoms with Gasteiger partial charge in [-0.05, 0) is 42.3 Å². The van der Waals surface area contributed by atoms with Gasteiger partial charge in [0.05, 0.1) is 7.11 Å². The molecule has 2 aromatic carbocycles. The van der Waals surface area contributed by atoms with Crippen molar-refractivity contribution in [2.24, 2.45) is 0 Å². The Balaban J connectivity index is 1.55. The van der Waals surface area contributed by atoms with E-state index in [1.165, 1.54) is 22.2 Å². The molecular weight excluding hydrogens is 310 g/mol. The van der Waals surface area contributed by atoms with Crippen LogP contribution in [0.3, 0.4) is 0 Å². The lowest BCUT2D eigenvalue weighted by atomic mass is 10.1. The molecule has 2 heterocycles. The number of ether oxygens (including phenoxy) is 1. The van der Waals surface area contributed by atoms with E-state index in [-0.39, 0.29) is 0 Å². The second-order valence-electron chi connectivity index (χ2n) is 6.50. The van der Waals surface area contributed by atoms with E-state index in [1.807, 2.05) is 12.1 Å². The number of fused-ring (bicyclic) bond motifs is 3. The smallest absolute Gasteiger partial charge is 0.119 e. The van der Waals surface area contributed by atoms with Crippen LogP contribution in [-0.2, 0) is 19.4 Å². The Morgan fingerprint density at radius 1 is 1.08 bits per heavy atom. The number of methoxy groups -OCH3 is 1. The molecule has 1 aliphatic rings. The van der Waals surface area contributed by atoms with Crippen molar-refractivity contribution < 1.29 is 4.74 Å². The Morgan fingerprint density at radius 3 is 2.76 bits per heavy atom. The van der Waals surface area contributed by atoms with Gasteiger partial charge < -0.3 is 19.9 Å². The number of benzene rings is 2. The first-order chi connectivity index (χ1) is 12.4. The quantitative estimate of drug-likeness (QED) is 0.750. The Morgan fingerprint density at radius 2 is 1.92 bits per heavy atom. The monoisotopic (exact) mass is 335 g/mol. The third-order valence-corrected chi connectivity index (χ3v) is 5.04. The van der Waals surface area contributed by atoms with Crippen molar-refractivity contribution >= 4 is 16.6 Å². The van der Waals surface area contributed by atoms with E-state index >= 15 is 0 Å². The summed E-state index contributed by atoms with van der Waals surface area (Å²) in [6.45, 7) is 4.10. The number of aromatic nitrogens is 1. The second kappa shape index (κ2) is 7.19. The van der Waals surface area contributed by atoms with Gasteiger partial charge in [-0.25, -0.2) is 0 Å². The normalized spacial score (nSPS) is 14.1. The fraction of sp³-hybridized carbons (Fsp3) is 0.333. The van der Waals surface area contributed by atoms with Crippen LogP contribution in [0.25, 0.3) is 10.9 Å². The average Bonchev–Trinajstić information content (AvgIpc) is 2.81. The third-order valence-electron chi connectivity index (χ3n) is 5.04. The Kier molecular flexibility index (Phi) is 4.61. The van der Waals surface area contributed by atoms with E-state index in [0.717, 1.165) is 50.5 Å². The van der Waals surface area contributed by atoms with Gasteiger partial charge in [-0.3, -0.25) is 0 Å². The number of nitrogens with one attached hydrogen (secondary N) is 2. The summed E-state index contributed by atoms with van der Waals surface area (Å²) < 4.78 is 7.73. The molecule has 0 atom stereocenters. The first kappa shape index (κ1) is 16.0. The standard InChI is InChI=1S/C21H25N3O/c1-25-17-8-6-16(7-9-17)23-13-10-19-18-4-2-3-5-20(18)24-15-14-22-12-11-21(19)24/h2-9,22-23H,10-15H2,1H3. The molecular formula is C21H25N3O. The van der Waals surface area contributed by atoms with Crippen molar-refractivity contribution in [2.45, 2.75) is 19.4 Å². The average molecular weight is 335 g/mol. The summed E-state index contributed by atoms with van der Waals surface area (Å²) in [6.07, 6.45) is 2.14. The van der Waals surface area contributed by atoms with Gasteiger partial charge in [0, 0.05) is 54.9 Å². The highest BCUT2D eigenvalue weighted by Gasteiger charge is 2.17. The highest BCUT2D eigenvalue weighted by atomic mass is 16.5. The molecule has 0 spiro atoms. The molecule has 1 aromatic heterocycles. The molecule has 0 fully saturated rings. The molecule has 130 valence electrons. The number of rotatable bonds is 5. The maximum absolute atomic E-state index is 5.22. The minimum absolute atomic E-state index is 0.891. The maximum atomic E-state index is 5.22. The summed E-state index contributed by atoms with van der Waals surface area (Å²) in [4.78, 5) is 0. The van der Waals surface area contributed by atoms with Crippen molar-refractivity contribution in [2.75, 3.05) is 32.1 Å². The van der Waals surface area contributed by atoms with E-state index in [2.05, 4.69) is 51.6 Å². The van der Waals surface area contributed by atoms with Gasteiger partial charge in [0.15, 0.2) is 0 Å². The Hall–Kier alpha value is -2.46. The second-order valence-corrected chi connectivity index (χ2v) is 6.50. The molecule has 0 aliphatic carbocycles. The van der Waals surface area contributed by atoms with Crippen molar-refractivity contribution in [1.29, 1.82) is 0 Å². The van der Waals surface area contributed by atoms with Gasteiger partial charge in [0.25, 0.3) is 0 Å². The van der Waals surface area contributed by atoms with Gasteiger partial charge in [0.2, 0.25) is 0 Å². The van der Waals surface area contributed by atoms with Crippen LogP contribution in [0.15, 0.2) is 48.5 Å². The SMILES string of the molecule is COc1ccc(NCCc2c3n(c4ccccc24)CCNCC3)cc1. The van der Waals surface area contributed by atoms with Crippen LogP contribution in [-0.4, -0.2) is 31.3 Å². The predicted octanol–water partition coefficient (Wildman–Crippen LogP) is 3.45. The van der Waals surface area contributed by atoms with Crippen LogP contribution < -0.4 is 15.4 Å². The molecule has 0 amide bonds. The highest BCUT2D eigenvalue weighted by Crippen LogP contribution is 2.28. The molecule has 25 heavy (non-hydrogen) atoms. The molecule has 4 rings (SSSR count). The van der Waals surface area contributed by atoms with E-state index in [4.69, 9.17) is 4.74 Å². The van der Waals surface area contributed by atoms with Crippen molar-refractivity contribution in [1.82, 2.24) is 9.88 Å². The summed E-state index contributed by atoms with van der Waals surface area (Å²) in [6, 6.07) is 17.0. The maximum Gasteiger partial charge on any atom is 0.119 e. The lowest BCUT2D eigenvalue weighted by Crippen LogP contribution is -2.17. The van der Waals surface area contributed by atoms with Crippen molar-refractivity contribution in [3.05, 3.63) is 59.8 Å². The molecule has 3 aromatic rings. The zero-order valence-corrected chi connectivity index (χ0v) is 14.7. The fourth-order valence-electron chi connectivity index (χ4n) is 3.81. The number of nitrogens with zero attached hydrogens (tertiary/aromatic N) is 1. The summed E-state index contributed by atoms with van der Waals surface area (Å²) in [7, 11) is 1.70. The zero-order valence-electron chi connectivity index (χ0n) is 14.7. The number of anilines is 1. The van der Waals surface area contributed by atoms with Crippen LogP contribution in [0.1, 0.15) is 11.3 Å². The fourth-order valence-corrected chi connectivity index (χ4v) is 3.81. The first-order valence-electron chi connectivity index (χ1n) is 9.04. The van der Waals surface area contributed by atoms with E-state index in [0.29, 0.717) is 0 Å². The number of hydrogen-bond acceptors (Lipinski definition) is 3. The largest absolute Gasteiger partial charge is 0.497 e. The Bertz CT molecular complexity index is 851. The van der Waals surface area contributed by atoms with Crippen LogP contribution in [0.2, 0.25) is 0 Å². The van der Waals surface area contributed by atoms with Crippen LogP contribution >= 0.6 is 0 Å². The van der Waals surface area contributed by atoms with Gasteiger partial charge in [-0.2, -0.15) is 0 Å². The summed E-state index contributed by atoms with van der Waals surface area (Å²) in [5, 5.41) is 8.47. The minimum Gasteiger partial charge on any atom is -0.497 e. The van der Waals surface area contributed by atoms with Gasteiger partial charge in [-0.1, -0.05) is 18.2 Å². The van der Waals surface area contributed by atoms with E-state index in [9.17, 15) is 0 Å². The molecule has 4 heteroatoms. The van der Waals surface area contributed by atoms with Crippen LogP contribution in [0.5, 0.6) is 5.75 Å². The number of para-hydroxylation sites is 1. The summed E-state index contributed by atoms with van der Waals surface area (Å²) in [5.74, 6) is 0.891. The third kappa shape index (κ3) is 3.22. The van der Waals surface area contributed by atoms with Crippen molar-refractivity contribution in [3.8, 4) is 5.75 Å². The molecule has 0 saturated carbocycles. The van der Waals surface area contributed by atoms with Crippen LogP contribution in [0, 0.1) is 0 Å². The molecule has 1 aliphatic heterocycles. The van der Waals surface area contributed by atoms with Crippen molar-refractivity contribution in [3.63, 3.8) is 0 Å². The summed E-state index contributed by atoms with van der Waals surface area (Å²) in [5.41, 5.74) is 5.51. The van der Waals surface area contributed by atoms with E-state index in [1.54, 1.807) is 7.11 Å². The predicted molar refractivity (Wildman–Crippen MR) is 104 cm³/mol. The molecule has 2 N–H and O–H groups in total. The molecule has 0 bridgehead atoms. The van der Waals surface area contributed by atoms with Gasteiger partial charge in [-0.15, -0.1) is 0 Å². The van der Waals surface area contributed by atoms with Gasteiger partial charge in [0.1, 0.15) is 5.75 Å². The molecule has 0 saturated heterocycles.